The number of likely N-dealkylation sites (tertiary alicyclic amines) is 1. The molecule has 2 heterocycles. The highest BCUT2D eigenvalue weighted by molar-refractivity contribution is 5.98. The first kappa shape index (κ1) is 21.1. The normalized spacial score (nSPS) is 15.9. The highest BCUT2D eigenvalue weighted by Gasteiger charge is 2.38. The van der Waals surface area contributed by atoms with Crippen LogP contribution in [0.1, 0.15) is 35.2 Å². The summed E-state index contributed by atoms with van der Waals surface area (Å²) in [7, 11) is 4.23. The first-order chi connectivity index (χ1) is 15.0. The average Bonchev–Trinajstić information content (AvgIpc) is 3.27. The van der Waals surface area contributed by atoms with Gasteiger partial charge < -0.3 is 15.2 Å². The van der Waals surface area contributed by atoms with Crippen molar-refractivity contribution in [3.63, 3.8) is 0 Å². The number of fused-ring (bicyclic) bond motifs is 1. The van der Waals surface area contributed by atoms with Gasteiger partial charge in [0, 0.05) is 48.9 Å². The summed E-state index contributed by atoms with van der Waals surface area (Å²) in [6, 6.07) is 18.1. The Bertz CT molecular complexity index is 1050. The molecule has 0 radical (unpaired) electrons. The first-order valence-electron chi connectivity index (χ1n) is 10.9. The Labute approximate surface area is 183 Å². The lowest BCUT2D eigenvalue weighted by molar-refractivity contribution is -0.133. The third-order valence-electron chi connectivity index (χ3n) is 6.55. The molecule has 0 saturated carbocycles. The Hall–Kier alpha value is -3.12. The van der Waals surface area contributed by atoms with Crippen molar-refractivity contribution in [2.24, 2.45) is 0 Å². The zero-order chi connectivity index (χ0) is 21.8. The Morgan fingerprint density at radius 3 is 2.52 bits per heavy atom. The number of aromatic amines is 1. The van der Waals surface area contributed by atoms with Crippen LogP contribution in [0.5, 0.6) is 0 Å². The second-order valence-electron chi connectivity index (χ2n) is 8.46. The molecule has 0 unspecified atom stereocenters. The van der Waals surface area contributed by atoms with E-state index < -0.39 is 0 Å². The highest BCUT2D eigenvalue weighted by Crippen LogP contribution is 2.37. The van der Waals surface area contributed by atoms with Crippen LogP contribution in [0, 0.1) is 0 Å². The molecule has 1 aromatic heterocycles. The largest absolute Gasteiger partial charge is 0.361 e. The maximum absolute atomic E-state index is 12.7. The van der Waals surface area contributed by atoms with Gasteiger partial charge in [-0.25, -0.2) is 0 Å². The van der Waals surface area contributed by atoms with Gasteiger partial charge in [0.1, 0.15) is 0 Å². The number of carbonyl (C=O) groups excluding carboxylic acids is 2. The van der Waals surface area contributed by atoms with Gasteiger partial charge in [0.2, 0.25) is 5.91 Å². The standard InChI is InChI=1S/C25H30N4O2/c1-28(2)25(21-6-4-3-5-7-21)12-16-29(17-13-25)23(30)11-15-27-24(31)20-9-8-19-10-14-26-22(19)18-20/h3-10,14,18,26H,11-13,15-17H2,1-2H3,(H,27,31). The minimum atomic E-state index is -0.154. The number of carbonyl (C=O) groups is 2. The van der Waals surface area contributed by atoms with Gasteiger partial charge in [-0.2, -0.15) is 0 Å². The van der Waals surface area contributed by atoms with Crippen LogP contribution in [-0.2, 0) is 10.3 Å². The van der Waals surface area contributed by atoms with Crippen molar-refractivity contribution in [3.8, 4) is 0 Å². The van der Waals surface area contributed by atoms with E-state index in [2.05, 4.69) is 53.6 Å². The molecule has 0 bridgehead atoms. The monoisotopic (exact) mass is 418 g/mol. The van der Waals surface area contributed by atoms with E-state index in [1.807, 2.05) is 41.4 Å². The van der Waals surface area contributed by atoms with E-state index in [0.717, 1.165) is 36.8 Å². The van der Waals surface area contributed by atoms with Crippen molar-refractivity contribution < 1.29 is 9.59 Å². The molecule has 0 aliphatic carbocycles. The molecule has 162 valence electrons. The third kappa shape index (κ3) is 4.35. The highest BCUT2D eigenvalue weighted by atomic mass is 16.2. The Kier molecular flexibility index (Phi) is 6.09. The summed E-state index contributed by atoms with van der Waals surface area (Å²) in [5.41, 5.74) is 2.79. The number of aromatic nitrogens is 1. The van der Waals surface area contributed by atoms with Crippen LogP contribution in [0.15, 0.2) is 60.8 Å². The van der Waals surface area contributed by atoms with Gasteiger partial charge in [-0.1, -0.05) is 36.4 Å². The minimum absolute atomic E-state index is 0.0390. The Balaban J connectivity index is 1.29. The van der Waals surface area contributed by atoms with Gasteiger partial charge in [-0.3, -0.25) is 14.5 Å². The molecule has 2 aromatic carbocycles. The number of amides is 2. The number of hydrogen-bond donors (Lipinski definition) is 2. The number of nitrogens with one attached hydrogen (secondary N) is 2. The molecule has 3 aromatic rings. The average molecular weight is 419 g/mol. The molecule has 1 aliphatic heterocycles. The van der Waals surface area contributed by atoms with E-state index in [1.165, 1.54) is 5.56 Å². The summed E-state index contributed by atoms with van der Waals surface area (Å²) in [5.74, 6) is -0.0563. The van der Waals surface area contributed by atoms with Crippen LogP contribution in [0.3, 0.4) is 0 Å². The van der Waals surface area contributed by atoms with E-state index >= 15 is 0 Å². The summed E-state index contributed by atoms with van der Waals surface area (Å²) in [6.45, 7) is 1.79. The molecule has 6 heteroatoms. The van der Waals surface area contributed by atoms with Crippen molar-refractivity contribution in [1.29, 1.82) is 0 Å². The fraction of sp³-hybridized carbons (Fsp3) is 0.360. The summed E-state index contributed by atoms with van der Waals surface area (Å²) in [5, 5.41) is 3.95. The molecule has 4 rings (SSSR count). The minimum Gasteiger partial charge on any atom is -0.361 e. The van der Waals surface area contributed by atoms with Gasteiger partial charge in [0.05, 0.1) is 0 Å². The molecule has 0 atom stereocenters. The molecule has 1 saturated heterocycles. The van der Waals surface area contributed by atoms with Crippen molar-refractivity contribution in [2.75, 3.05) is 33.7 Å². The van der Waals surface area contributed by atoms with Crippen molar-refractivity contribution in [1.82, 2.24) is 20.1 Å². The van der Waals surface area contributed by atoms with Gasteiger partial charge in [0.15, 0.2) is 0 Å². The molecule has 6 nitrogen and oxygen atoms in total. The summed E-state index contributed by atoms with van der Waals surface area (Å²) >= 11 is 0. The van der Waals surface area contributed by atoms with Crippen LogP contribution in [0.2, 0.25) is 0 Å². The number of rotatable bonds is 6. The smallest absolute Gasteiger partial charge is 0.251 e. The van der Waals surface area contributed by atoms with Crippen molar-refractivity contribution in [2.45, 2.75) is 24.8 Å². The van der Waals surface area contributed by atoms with Crippen LogP contribution >= 0.6 is 0 Å². The second kappa shape index (κ2) is 8.94. The molecule has 1 aliphatic rings. The van der Waals surface area contributed by atoms with Crippen LogP contribution in [0.25, 0.3) is 10.9 Å². The van der Waals surface area contributed by atoms with E-state index in [0.29, 0.717) is 18.5 Å². The number of benzene rings is 2. The maximum atomic E-state index is 12.7. The van der Waals surface area contributed by atoms with E-state index in [1.54, 1.807) is 0 Å². The molecular weight excluding hydrogens is 388 g/mol. The van der Waals surface area contributed by atoms with E-state index in [9.17, 15) is 9.59 Å². The number of piperidine rings is 1. The number of hydrogen-bond acceptors (Lipinski definition) is 3. The molecular formula is C25H30N4O2. The summed E-state index contributed by atoms with van der Waals surface area (Å²) in [6.07, 6.45) is 3.97. The lowest BCUT2D eigenvalue weighted by Gasteiger charge is -2.46. The van der Waals surface area contributed by atoms with Crippen LogP contribution < -0.4 is 5.32 Å². The van der Waals surface area contributed by atoms with Crippen molar-refractivity contribution in [3.05, 3.63) is 71.9 Å². The summed E-state index contributed by atoms with van der Waals surface area (Å²) < 4.78 is 0. The number of nitrogens with zero attached hydrogens (tertiary/aromatic N) is 2. The molecule has 1 fully saturated rings. The molecule has 2 amide bonds. The fourth-order valence-corrected chi connectivity index (χ4v) is 4.60. The number of H-pyrrole nitrogens is 1. The van der Waals surface area contributed by atoms with Crippen LogP contribution in [0.4, 0.5) is 0 Å². The quantitative estimate of drug-likeness (QED) is 0.645. The molecule has 2 N–H and O–H groups in total. The predicted molar refractivity (Wildman–Crippen MR) is 123 cm³/mol. The first-order valence-corrected chi connectivity index (χ1v) is 10.9. The zero-order valence-electron chi connectivity index (χ0n) is 18.2. The Morgan fingerprint density at radius 1 is 1.06 bits per heavy atom. The third-order valence-corrected chi connectivity index (χ3v) is 6.55. The van der Waals surface area contributed by atoms with Gasteiger partial charge >= 0.3 is 0 Å². The molecule has 31 heavy (non-hydrogen) atoms. The SMILES string of the molecule is CN(C)C1(c2ccccc2)CCN(C(=O)CCNC(=O)c2ccc3cc[nH]c3c2)CC1. The molecule has 0 spiro atoms. The van der Waals surface area contributed by atoms with Gasteiger partial charge in [0.25, 0.3) is 5.91 Å². The van der Waals surface area contributed by atoms with E-state index in [-0.39, 0.29) is 17.4 Å². The Morgan fingerprint density at radius 2 is 1.81 bits per heavy atom. The second-order valence-corrected chi connectivity index (χ2v) is 8.46. The lowest BCUT2D eigenvalue weighted by Crippen LogP contribution is -2.52. The topological polar surface area (TPSA) is 68.4 Å². The zero-order valence-corrected chi connectivity index (χ0v) is 18.2. The lowest BCUT2D eigenvalue weighted by atomic mass is 9.79. The maximum Gasteiger partial charge on any atom is 0.251 e. The van der Waals surface area contributed by atoms with Crippen molar-refractivity contribution >= 4 is 22.7 Å². The van der Waals surface area contributed by atoms with Gasteiger partial charge in [-0.05, 0) is 56.1 Å². The van der Waals surface area contributed by atoms with Crippen LogP contribution in [-0.4, -0.2) is 60.3 Å². The van der Waals surface area contributed by atoms with E-state index in [4.69, 9.17) is 0 Å². The van der Waals surface area contributed by atoms with Gasteiger partial charge in [-0.15, -0.1) is 0 Å². The predicted octanol–water partition coefficient (Wildman–Crippen LogP) is 3.37. The summed E-state index contributed by atoms with van der Waals surface area (Å²) in [4.78, 5) is 32.5. The fourth-order valence-electron chi connectivity index (χ4n) is 4.60.